The molecule has 1 heterocycles. The van der Waals surface area contributed by atoms with E-state index in [9.17, 15) is 10.1 Å². The van der Waals surface area contributed by atoms with Gasteiger partial charge in [0.15, 0.2) is 5.17 Å². The van der Waals surface area contributed by atoms with Crippen LogP contribution in [0.25, 0.3) is 5.70 Å². The van der Waals surface area contributed by atoms with Gasteiger partial charge in [0, 0.05) is 5.75 Å². The van der Waals surface area contributed by atoms with E-state index in [-0.39, 0.29) is 12.6 Å². The lowest BCUT2D eigenvalue weighted by molar-refractivity contribution is -0.138. The van der Waals surface area contributed by atoms with Crippen molar-refractivity contribution < 1.29 is 9.53 Å². The number of hydrogen-bond donors (Lipinski definition) is 1. The number of amidine groups is 1. The van der Waals surface area contributed by atoms with Crippen molar-refractivity contribution in [3.8, 4) is 6.07 Å². The zero-order chi connectivity index (χ0) is 23.0. The monoisotopic (exact) mass is 453 g/mol. The first-order valence-corrected chi connectivity index (χ1v) is 11.7. The molecule has 0 aromatic heterocycles. The van der Waals surface area contributed by atoms with Crippen LogP contribution in [-0.2, 0) is 15.3 Å². The summed E-state index contributed by atoms with van der Waals surface area (Å²) in [5.41, 5.74) is 4.54. The third kappa shape index (κ3) is 5.16. The fourth-order valence-electron chi connectivity index (χ4n) is 3.63. The molecule has 0 saturated carbocycles. The number of esters is 1. The first-order chi connectivity index (χ1) is 16.2. The molecule has 0 saturated heterocycles. The highest BCUT2D eigenvalue weighted by molar-refractivity contribution is 8.13. The third-order valence-electron chi connectivity index (χ3n) is 5.20. The number of nitriles is 1. The number of nitrogens with zero attached hydrogens (tertiary/aromatic N) is 2. The van der Waals surface area contributed by atoms with Gasteiger partial charge in [-0.25, -0.2) is 9.79 Å². The smallest absolute Gasteiger partial charge is 0.338 e. The fourth-order valence-corrected chi connectivity index (χ4v) is 4.53. The summed E-state index contributed by atoms with van der Waals surface area (Å²) < 4.78 is 5.43. The van der Waals surface area contributed by atoms with Gasteiger partial charge in [0.2, 0.25) is 0 Å². The number of nitrogens with one attached hydrogen (secondary N) is 1. The van der Waals surface area contributed by atoms with Crippen molar-refractivity contribution in [3.05, 3.63) is 113 Å². The largest absolute Gasteiger partial charge is 0.463 e. The molecular formula is C27H23N3O2S. The molecule has 0 amide bonds. The van der Waals surface area contributed by atoms with Crippen LogP contribution in [-0.4, -0.2) is 17.7 Å². The molecule has 0 radical (unpaired) electrons. The minimum atomic E-state index is -0.504. The number of rotatable bonds is 6. The molecule has 3 aromatic rings. The van der Waals surface area contributed by atoms with Gasteiger partial charge in [-0.2, -0.15) is 5.26 Å². The molecule has 164 valence electrons. The highest BCUT2D eigenvalue weighted by Crippen LogP contribution is 2.36. The Labute approximate surface area is 197 Å². The maximum absolute atomic E-state index is 13.1. The van der Waals surface area contributed by atoms with Crippen LogP contribution in [0.5, 0.6) is 0 Å². The lowest BCUT2D eigenvalue weighted by atomic mass is 9.94. The number of carbonyl (C=O) groups excluding carboxylic acids is 1. The Bertz CT molecular complexity index is 1230. The minimum Gasteiger partial charge on any atom is -0.463 e. The van der Waals surface area contributed by atoms with E-state index < -0.39 is 6.04 Å². The van der Waals surface area contributed by atoms with Gasteiger partial charge in [-0.3, -0.25) is 0 Å². The van der Waals surface area contributed by atoms with Crippen LogP contribution < -0.4 is 5.32 Å². The Balaban J connectivity index is 1.76. The zero-order valence-electron chi connectivity index (χ0n) is 18.2. The summed E-state index contributed by atoms with van der Waals surface area (Å²) in [5.74, 6) is 0.189. The number of thioether (sulfide) groups is 1. The fraction of sp³-hybridized carbons (Fsp3) is 0.148. The van der Waals surface area contributed by atoms with Gasteiger partial charge in [-0.15, -0.1) is 0 Å². The minimum absolute atomic E-state index is 0.280. The van der Waals surface area contributed by atoms with Crippen molar-refractivity contribution in [1.29, 1.82) is 5.26 Å². The quantitative estimate of drug-likeness (QED) is 0.501. The van der Waals surface area contributed by atoms with Gasteiger partial charge in [-0.1, -0.05) is 90.6 Å². The Morgan fingerprint density at radius 1 is 1.03 bits per heavy atom. The van der Waals surface area contributed by atoms with Gasteiger partial charge in [0.05, 0.1) is 29.5 Å². The molecule has 3 aromatic carbocycles. The first-order valence-electron chi connectivity index (χ1n) is 10.7. The average Bonchev–Trinajstić information content (AvgIpc) is 2.88. The van der Waals surface area contributed by atoms with Gasteiger partial charge in [0.25, 0.3) is 0 Å². The summed E-state index contributed by atoms with van der Waals surface area (Å²) in [6.45, 7) is 2.08. The molecule has 1 aliphatic heterocycles. The number of ether oxygens (including phenoxy) is 1. The molecule has 5 nitrogen and oxygen atoms in total. The van der Waals surface area contributed by atoms with Gasteiger partial charge >= 0.3 is 5.97 Å². The van der Waals surface area contributed by atoms with E-state index in [4.69, 9.17) is 9.73 Å². The van der Waals surface area contributed by atoms with Crippen LogP contribution in [0.1, 0.15) is 35.2 Å². The van der Waals surface area contributed by atoms with E-state index >= 15 is 0 Å². The number of benzene rings is 3. The van der Waals surface area contributed by atoms with Crippen LogP contribution in [0, 0.1) is 11.3 Å². The lowest BCUT2D eigenvalue weighted by Crippen LogP contribution is -2.31. The van der Waals surface area contributed by atoms with Crippen molar-refractivity contribution in [2.24, 2.45) is 4.99 Å². The Morgan fingerprint density at radius 3 is 2.39 bits per heavy atom. The maximum Gasteiger partial charge on any atom is 0.338 e. The van der Waals surface area contributed by atoms with E-state index in [1.54, 1.807) is 6.92 Å². The standard InChI is InChI=1S/C27H23N3O2S/c1-2-32-26(31)23-24(19-11-5-3-6-12-19)29-27(30-25(23)20-13-7-4-8-14-20)33-18-22-16-10-9-15-21(22)17-28/h3-16,24H,2,18H2,1H3,(H,29,30)/t24-/m0/s1. The number of aliphatic imine (C=N–C) groups is 1. The Morgan fingerprint density at radius 2 is 1.70 bits per heavy atom. The van der Waals surface area contributed by atoms with Crippen LogP contribution in [0.2, 0.25) is 0 Å². The average molecular weight is 454 g/mol. The second kappa shape index (κ2) is 10.7. The highest BCUT2D eigenvalue weighted by atomic mass is 32.2. The highest BCUT2D eigenvalue weighted by Gasteiger charge is 2.32. The normalized spacial score (nSPS) is 15.3. The third-order valence-corrected chi connectivity index (χ3v) is 6.13. The topological polar surface area (TPSA) is 74.5 Å². The van der Waals surface area contributed by atoms with E-state index in [1.807, 2.05) is 84.9 Å². The van der Waals surface area contributed by atoms with E-state index in [0.717, 1.165) is 16.7 Å². The van der Waals surface area contributed by atoms with Crippen molar-refractivity contribution in [2.75, 3.05) is 6.61 Å². The molecule has 0 unspecified atom stereocenters. The molecule has 0 bridgehead atoms. The number of carbonyl (C=O) groups is 1. The van der Waals surface area contributed by atoms with E-state index in [1.165, 1.54) is 11.8 Å². The molecule has 0 spiro atoms. The number of hydrogen-bond acceptors (Lipinski definition) is 6. The summed E-state index contributed by atoms with van der Waals surface area (Å²) in [4.78, 5) is 18.0. The predicted octanol–water partition coefficient (Wildman–Crippen LogP) is 5.47. The Kier molecular flexibility index (Phi) is 7.23. The Hall–Kier alpha value is -3.82. The van der Waals surface area contributed by atoms with E-state index in [0.29, 0.717) is 27.8 Å². The van der Waals surface area contributed by atoms with Crippen LogP contribution >= 0.6 is 11.8 Å². The molecule has 1 atom stereocenters. The zero-order valence-corrected chi connectivity index (χ0v) is 19.0. The summed E-state index contributed by atoms with van der Waals surface area (Å²) in [6, 6.07) is 28.8. The molecule has 0 aliphatic carbocycles. The first kappa shape index (κ1) is 22.4. The van der Waals surface area contributed by atoms with Crippen LogP contribution in [0.3, 0.4) is 0 Å². The summed E-state index contributed by atoms with van der Waals surface area (Å²) >= 11 is 1.51. The van der Waals surface area contributed by atoms with E-state index in [2.05, 4.69) is 11.4 Å². The summed E-state index contributed by atoms with van der Waals surface area (Å²) in [6.07, 6.45) is 0. The molecule has 1 aliphatic rings. The molecule has 6 heteroatoms. The van der Waals surface area contributed by atoms with Gasteiger partial charge in [-0.05, 0) is 29.7 Å². The molecule has 1 N–H and O–H groups in total. The van der Waals surface area contributed by atoms with Crippen molar-refractivity contribution in [2.45, 2.75) is 18.7 Å². The van der Waals surface area contributed by atoms with Crippen molar-refractivity contribution in [3.63, 3.8) is 0 Å². The maximum atomic E-state index is 13.1. The van der Waals surface area contributed by atoms with Crippen molar-refractivity contribution >= 4 is 28.6 Å². The molecule has 4 rings (SSSR count). The SMILES string of the molecule is CCOC(=O)C1=C(c2ccccc2)NC(SCc2ccccc2C#N)=N[C@H]1c1ccccc1. The molecule has 0 fully saturated rings. The second-order valence-electron chi connectivity index (χ2n) is 7.31. The summed E-state index contributed by atoms with van der Waals surface area (Å²) in [7, 11) is 0. The molecule has 33 heavy (non-hydrogen) atoms. The predicted molar refractivity (Wildman–Crippen MR) is 132 cm³/mol. The van der Waals surface area contributed by atoms with Gasteiger partial charge in [0.1, 0.15) is 6.04 Å². The van der Waals surface area contributed by atoms with Crippen molar-refractivity contribution in [1.82, 2.24) is 5.32 Å². The lowest BCUT2D eigenvalue weighted by Gasteiger charge is -2.27. The second-order valence-corrected chi connectivity index (χ2v) is 8.27. The van der Waals surface area contributed by atoms with Crippen LogP contribution in [0.4, 0.5) is 0 Å². The summed E-state index contributed by atoms with van der Waals surface area (Å²) in [5, 5.41) is 13.5. The van der Waals surface area contributed by atoms with Gasteiger partial charge < -0.3 is 10.1 Å². The van der Waals surface area contributed by atoms with Crippen LogP contribution in [0.15, 0.2) is 95.5 Å². The molecular weight excluding hydrogens is 430 g/mol.